The number of hydrogen-bond donors (Lipinski definition) is 1. The van der Waals surface area contributed by atoms with Gasteiger partial charge in [0.2, 0.25) is 0 Å². The van der Waals surface area contributed by atoms with Crippen LogP contribution < -0.4 is 10.2 Å². The third kappa shape index (κ3) is 4.35. The highest BCUT2D eigenvalue weighted by Gasteiger charge is 2.22. The van der Waals surface area contributed by atoms with E-state index in [9.17, 15) is 13.2 Å². The second-order valence-corrected chi connectivity index (χ2v) is 8.09. The molecule has 0 saturated heterocycles. The molecule has 0 unspecified atom stereocenters. The molecule has 0 aliphatic rings. The van der Waals surface area contributed by atoms with Gasteiger partial charge in [-0.1, -0.05) is 18.2 Å². The molecule has 1 amide bonds. The Labute approximate surface area is 157 Å². The van der Waals surface area contributed by atoms with E-state index in [0.717, 1.165) is 5.82 Å². The van der Waals surface area contributed by atoms with Crippen molar-refractivity contribution in [3.63, 3.8) is 0 Å². The Kier molecular flexibility index (Phi) is 5.27. The van der Waals surface area contributed by atoms with Gasteiger partial charge in [-0.3, -0.25) is 4.79 Å². The van der Waals surface area contributed by atoms with Gasteiger partial charge in [0.05, 0.1) is 28.8 Å². The Balaban J connectivity index is 1.77. The molecule has 0 bridgehead atoms. The van der Waals surface area contributed by atoms with Gasteiger partial charge in [0.15, 0.2) is 15.6 Å². The summed E-state index contributed by atoms with van der Waals surface area (Å²) in [6.07, 6.45) is 2.83. The summed E-state index contributed by atoms with van der Waals surface area (Å²) in [6.45, 7) is 0. The van der Waals surface area contributed by atoms with Crippen molar-refractivity contribution >= 4 is 27.2 Å². The number of nitrogens with zero attached hydrogens (tertiary/aromatic N) is 2. The van der Waals surface area contributed by atoms with Crippen LogP contribution in [0.4, 0.5) is 11.5 Å². The van der Waals surface area contributed by atoms with E-state index >= 15 is 0 Å². The molecule has 3 rings (SSSR count). The van der Waals surface area contributed by atoms with Crippen LogP contribution in [0.15, 0.2) is 70.3 Å². The minimum absolute atomic E-state index is 0.0359. The Morgan fingerprint density at radius 1 is 1.11 bits per heavy atom. The molecule has 2 aromatic heterocycles. The Morgan fingerprint density at radius 3 is 2.48 bits per heavy atom. The minimum Gasteiger partial charge on any atom is -0.459 e. The molecule has 2 heterocycles. The normalized spacial score (nSPS) is 11.2. The molecule has 140 valence electrons. The van der Waals surface area contributed by atoms with Crippen LogP contribution >= 0.6 is 0 Å². The first-order valence-corrected chi connectivity index (χ1v) is 9.81. The third-order valence-corrected chi connectivity index (χ3v) is 5.55. The largest absolute Gasteiger partial charge is 0.459 e. The Morgan fingerprint density at radius 2 is 1.85 bits per heavy atom. The van der Waals surface area contributed by atoms with Crippen LogP contribution in [0.1, 0.15) is 16.1 Å². The first-order chi connectivity index (χ1) is 12.9. The lowest BCUT2D eigenvalue weighted by atomic mass is 10.2. The van der Waals surface area contributed by atoms with Gasteiger partial charge in [-0.25, -0.2) is 13.4 Å². The van der Waals surface area contributed by atoms with Crippen LogP contribution in [0.5, 0.6) is 0 Å². The molecule has 7 nitrogen and oxygen atoms in total. The summed E-state index contributed by atoms with van der Waals surface area (Å²) in [5.41, 5.74) is 0.785. The van der Waals surface area contributed by atoms with Crippen molar-refractivity contribution in [1.29, 1.82) is 0 Å². The summed E-state index contributed by atoms with van der Waals surface area (Å²) in [5.74, 6) is -0.141. The molecule has 0 atom stereocenters. The first-order valence-electron chi connectivity index (χ1n) is 8.16. The van der Waals surface area contributed by atoms with Crippen LogP contribution in [0.3, 0.4) is 0 Å². The van der Waals surface area contributed by atoms with Crippen molar-refractivity contribution < 1.29 is 17.6 Å². The fraction of sp³-hybridized carbons (Fsp3) is 0.158. The number of aromatic nitrogens is 1. The van der Waals surface area contributed by atoms with Crippen molar-refractivity contribution in [2.24, 2.45) is 0 Å². The van der Waals surface area contributed by atoms with Gasteiger partial charge in [-0.15, -0.1) is 0 Å². The highest BCUT2D eigenvalue weighted by atomic mass is 32.2. The molecule has 0 aliphatic carbocycles. The Hall–Kier alpha value is -3.13. The number of anilines is 2. The molecule has 27 heavy (non-hydrogen) atoms. The molecular formula is C19H19N3O4S. The zero-order valence-corrected chi connectivity index (χ0v) is 15.7. The molecule has 8 heteroatoms. The lowest BCUT2D eigenvalue weighted by Crippen LogP contribution is -2.15. The molecule has 0 fully saturated rings. The SMILES string of the molecule is CN(C)c1ccc(NC(=O)c2occc2CS(=O)(=O)c2ccccc2)cn1. The highest BCUT2D eigenvalue weighted by molar-refractivity contribution is 7.90. The van der Waals surface area contributed by atoms with Gasteiger partial charge in [-0.05, 0) is 30.3 Å². The zero-order valence-electron chi connectivity index (χ0n) is 14.9. The monoisotopic (exact) mass is 385 g/mol. The lowest BCUT2D eigenvalue weighted by Gasteiger charge is -2.11. The summed E-state index contributed by atoms with van der Waals surface area (Å²) in [7, 11) is 0.143. The molecule has 3 aromatic rings. The van der Waals surface area contributed by atoms with Gasteiger partial charge >= 0.3 is 0 Å². The number of rotatable bonds is 6. The second-order valence-electron chi connectivity index (χ2n) is 6.10. The number of carbonyl (C=O) groups excluding carboxylic acids is 1. The van der Waals surface area contributed by atoms with Crippen molar-refractivity contribution in [3.05, 3.63) is 72.3 Å². The van der Waals surface area contributed by atoms with E-state index in [-0.39, 0.29) is 16.4 Å². The number of hydrogen-bond acceptors (Lipinski definition) is 6. The van der Waals surface area contributed by atoms with E-state index in [2.05, 4.69) is 10.3 Å². The van der Waals surface area contributed by atoms with Gasteiger partial charge in [0.25, 0.3) is 5.91 Å². The van der Waals surface area contributed by atoms with Crippen LogP contribution in [0.2, 0.25) is 0 Å². The predicted molar refractivity (Wildman–Crippen MR) is 103 cm³/mol. The maximum Gasteiger partial charge on any atom is 0.291 e. The smallest absolute Gasteiger partial charge is 0.291 e. The number of pyridine rings is 1. The molecular weight excluding hydrogens is 366 g/mol. The average molecular weight is 385 g/mol. The second kappa shape index (κ2) is 7.63. The molecule has 1 aromatic carbocycles. The average Bonchev–Trinajstić information content (AvgIpc) is 3.10. The van der Waals surface area contributed by atoms with E-state index in [4.69, 9.17) is 4.42 Å². The van der Waals surface area contributed by atoms with Crippen molar-refractivity contribution in [1.82, 2.24) is 4.98 Å². The maximum absolute atomic E-state index is 12.5. The molecule has 1 N–H and O–H groups in total. The lowest BCUT2D eigenvalue weighted by molar-refractivity contribution is 0.0995. The number of carbonyl (C=O) groups is 1. The van der Waals surface area contributed by atoms with Crippen molar-refractivity contribution in [3.8, 4) is 0 Å². The number of benzene rings is 1. The summed E-state index contributed by atoms with van der Waals surface area (Å²) in [5, 5.41) is 2.67. The highest BCUT2D eigenvalue weighted by Crippen LogP contribution is 2.21. The number of furan rings is 1. The van der Waals surface area contributed by atoms with Crippen molar-refractivity contribution in [2.45, 2.75) is 10.6 Å². The fourth-order valence-electron chi connectivity index (χ4n) is 2.48. The predicted octanol–water partition coefficient (Wildman–Crippen LogP) is 2.97. The summed E-state index contributed by atoms with van der Waals surface area (Å²) < 4.78 is 30.3. The number of amides is 1. The summed E-state index contributed by atoms with van der Waals surface area (Å²) in [4.78, 5) is 18.8. The van der Waals surface area contributed by atoms with Crippen LogP contribution in [0, 0.1) is 0 Å². The van der Waals surface area contributed by atoms with Gasteiger partial charge < -0.3 is 14.6 Å². The van der Waals surface area contributed by atoms with E-state index in [1.807, 2.05) is 19.0 Å². The van der Waals surface area contributed by atoms with Crippen molar-refractivity contribution in [2.75, 3.05) is 24.3 Å². The van der Waals surface area contributed by atoms with E-state index in [1.54, 1.807) is 30.3 Å². The standard InChI is InChI=1S/C19H19N3O4S/c1-22(2)17-9-8-15(12-20-17)21-19(23)18-14(10-11-26-18)13-27(24,25)16-6-4-3-5-7-16/h3-12H,13H2,1-2H3,(H,21,23). The molecule has 0 saturated carbocycles. The van der Waals surface area contributed by atoms with E-state index in [0.29, 0.717) is 11.3 Å². The fourth-order valence-corrected chi connectivity index (χ4v) is 3.85. The van der Waals surface area contributed by atoms with Crippen LogP contribution in [-0.2, 0) is 15.6 Å². The van der Waals surface area contributed by atoms with Gasteiger partial charge in [0, 0.05) is 19.7 Å². The quantitative estimate of drug-likeness (QED) is 0.701. The van der Waals surface area contributed by atoms with Crippen LogP contribution in [-0.4, -0.2) is 33.4 Å². The number of nitrogens with one attached hydrogen (secondary N) is 1. The zero-order chi connectivity index (χ0) is 19.4. The van der Waals surface area contributed by atoms with Crippen LogP contribution in [0.25, 0.3) is 0 Å². The van der Waals surface area contributed by atoms with Gasteiger partial charge in [-0.2, -0.15) is 0 Å². The summed E-state index contributed by atoms with van der Waals surface area (Å²) in [6, 6.07) is 13.1. The molecule has 0 aliphatic heterocycles. The van der Waals surface area contributed by atoms with E-state index in [1.165, 1.54) is 30.7 Å². The minimum atomic E-state index is -3.59. The number of sulfone groups is 1. The third-order valence-electron chi connectivity index (χ3n) is 3.86. The Bertz CT molecular complexity index is 1030. The summed E-state index contributed by atoms with van der Waals surface area (Å²) >= 11 is 0. The maximum atomic E-state index is 12.5. The van der Waals surface area contributed by atoms with Gasteiger partial charge in [0.1, 0.15) is 5.82 Å². The molecule has 0 radical (unpaired) electrons. The van der Waals surface area contributed by atoms with E-state index < -0.39 is 15.7 Å². The molecule has 0 spiro atoms. The first kappa shape index (κ1) is 18.7. The topological polar surface area (TPSA) is 92.5 Å².